The highest BCUT2D eigenvalue weighted by Crippen LogP contribution is 2.11. The van der Waals surface area contributed by atoms with Crippen molar-refractivity contribution < 1.29 is 9.59 Å². The predicted octanol–water partition coefficient (Wildman–Crippen LogP) is 0.738. The molecule has 0 aromatic heterocycles. The van der Waals surface area contributed by atoms with Gasteiger partial charge in [-0.25, -0.2) is 0 Å². The van der Waals surface area contributed by atoms with Crippen LogP contribution in [0.1, 0.15) is 0 Å². The third-order valence-electron chi connectivity index (χ3n) is 1.86. The molecular weight excluding hydrogens is 204 g/mol. The van der Waals surface area contributed by atoms with Gasteiger partial charge in [0, 0.05) is 11.1 Å². The smallest absolute Gasteiger partial charge is 0.248 e. The molecule has 0 radical (unpaired) electrons. The van der Waals surface area contributed by atoms with E-state index in [2.05, 4.69) is 26.3 Å². The van der Waals surface area contributed by atoms with Gasteiger partial charge in [-0.05, 0) is 11.1 Å². The normalized spacial score (nSPS) is 9.75. The summed E-state index contributed by atoms with van der Waals surface area (Å²) < 4.78 is 0. The van der Waals surface area contributed by atoms with Crippen LogP contribution in [0.3, 0.4) is 0 Å². The van der Waals surface area contributed by atoms with Crippen molar-refractivity contribution >= 4 is 11.8 Å². The zero-order valence-corrected chi connectivity index (χ0v) is 8.95. The van der Waals surface area contributed by atoms with Gasteiger partial charge in [0.1, 0.15) is 0 Å². The molecule has 16 heavy (non-hydrogen) atoms. The first-order valence-corrected chi connectivity index (χ1v) is 4.31. The SMILES string of the molecule is C=C(/C=C/C(=C)C(=C)C(N)=O)C(=C)C(N)=O. The molecule has 0 aromatic carbocycles. The second kappa shape index (κ2) is 5.50. The Bertz CT molecular complexity index is 388. The van der Waals surface area contributed by atoms with E-state index in [0.717, 1.165) is 0 Å². The topological polar surface area (TPSA) is 86.2 Å². The molecule has 0 unspecified atom stereocenters. The van der Waals surface area contributed by atoms with Gasteiger partial charge in [-0.15, -0.1) is 0 Å². The van der Waals surface area contributed by atoms with Gasteiger partial charge in [0.15, 0.2) is 0 Å². The summed E-state index contributed by atoms with van der Waals surface area (Å²) in [7, 11) is 0. The van der Waals surface area contributed by atoms with Crippen LogP contribution < -0.4 is 11.5 Å². The minimum atomic E-state index is -0.658. The molecule has 0 spiro atoms. The number of allylic oxidation sites excluding steroid dienone is 2. The highest BCUT2D eigenvalue weighted by Gasteiger charge is 2.05. The van der Waals surface area contributed by atoms with Gasteiger partial charge in [0.2, 0.25) is 11.8 Å². The summed E-state index contributed by atoms with van der Waals surface area (Å²) in [6.45, 7) is 14.0. The maximum Gasteiger partial charge on any atom is 0.248 e. The summed E-state index contributed by atoms with van der Waals surface area (Å²) in [5.41, 5.74) is 10.9. The maximum absolute atomic E-state index is 10.7. The van der Waals surface area contributed by atoms with Crippen LogP contribution in [0.15, 0.2) is 60.8 Å². The Morgan fingerprint density at radius 2 is 1.00 bits per heavy atom. The molecule has 0 bridgehead atoms. The van der Waals surface area contributed by atoms with Crippen LogP contribution in [0.5, 0.6) is 0 Å². The van der Waals surface area contributed by atoms with Gasteiger partial charge < -0.3 is 11.5 Å². The molecule has 0 aliphatic rings. The molecular formula is C12H14N2O2. The molecule has 0 heterocycles. The molecule has 2 amide bonds. The van der Waals surface area contributed by atoms with E-state index in [0.29, 0.717) is 11.1 Å². The molecule has 0 saturated carbocycles. The van der Waals surface area contributed by atoms with E-state index >= 15 is 0 Å². The quantitative estimate of drug-likeness (QED) is 0.509. The van der Waals surface area contributed by atoms with E-state index in [1.54, 1.807) is 0 Å². The number of carbonyl (C=O) groups excluding carboxylic acids is 2. The van der Waals surface area contributed by atoms with Gasteiger partial charge in [0.25, 0.3) is 0 Å². The summed E-state index contributed by atoms with van der Waals surface area (Å²) in [4.78, 5) is 21.5. The van der Waals surface area contributed by atoms with Crippen LogP contribution >= 0.6 is 0 Å². The first-order chi connectivity index (χ1) is 7.27. The van der Waals surface area contributed by atoms with Crippen LogP contribution in [0.4, 0.5) is 0 Å². The van der Waals surface area contributed by atoms with Gasteiger partial charge in [-0.3, -0.25) is 9.59 Å². The number of carbonyl (C=O) groups is 2. The van der Waals surface area contributed by atoms with Crippen molar-refractivity contribution in [3.05, 3.63) is 60.8 Å². The van der Waals surface area contributed by atoms with Crippen molar-refractivity contribution in [2.24, 2.45) is 11.5 Å². The molecule has 0 aliphatic heterocycles. The lowest BCUT2D eigenvalue weighted by Crippen LogP contribution is -2.14. The minimum absolute atomic E-state index is 0.0914. The lowest BCUT2D eigenvalue weighted by molar-refractivity contribution is -0.115. The molecule has 84 valence electrons. The average Bonchev–Trinajstić information content (AvgIpc) is 2.22. The molecule has 0 saturated heterocycles. The summed E-state index contributed by atoms with van der Waals surface area (Å²) in [5, 5.41) is 0. The fourth-order valence-corrected chi connectivity index (χ4v) is 0.719. The van der Waals surface area contributed by atoms with Crippen molar-refractivity contribution in [1.29, 1.82) is 0 Å². The van der Waals surface area contributed by atoms with Crippen molar-refractivity contribution in [2.75, 3.05) is 0 Å². The van der Waals surface area contributed by atoms with E-state index in [9.17, 15) is 9.59 Å². The highest BCUT2D eigenvalue weighted by molar-refractivity contribution is 5.97. The van der Waals surface area contributed by atoms with E-state index in [1.165, 1.54) is 12.2 Å². The number of hydrogen-bond donors (Lipinski definition) is 2. The maximum atomic E-state index is 10.7. The minimum Gasteiger partial charge on any atom is -0.366 e. The largest absolute Gasteiger partial charge is 0.366 e. The van der Waals surface area contributed by atoms with Gasteiger partial charge in [-0.2, -0.15) is 0 Å². The van der Waals surface area contributed by atoms with E-state index in [-0.39, 0.29) is 11.1 Å². The summed E-state index contributed by atoms with van der Waals surface area (Å²) in [5.74, 6) is -1.32. The molecule has 0 aromatic rings. The van der Waals surface area contributed by atoms with Crippen LogP contribution in [0, 0.1) is 0 Å². The van der Waals surface area contributed by atoms with Gasteiger partial charge in [-0.1, -0.05) is 38.5 Å². The summed E-state index contributed by atoms with van der Waals surface area (Å²) in [6.07, 6.45) is 2.92. The van der Waals surface area contributed by atoms with Crippen molar-refractivity contribution in [3.8, 4) is 0 Å². The number of hydrogen-bond acceptors (Lipinski definition) is 2. The first kappa shape index (κ1) is 13.6. The Morgan fingerprint density at radius 3 is 1.19 bits per heavy atom. The van der Waals surface area contributed by atoms with Crippen molar-refractivity contribution in [1.82, 2.24) is 0 Å². The molecule has 0 aliphatic carbocycles. The van der Waals surface area contributed by atoms with Crippen LogP contribution in [0.2, 0.25) is 0 Å². The Kier molecular flexibility index (Phi) is 4.69. The lowest BCUT2D eigenvalue weighted by Gasteiger charge is -2.01. The molecule has 0 fully saturated rings. The Hall–Kier alpha value is -2.36. The fourth-order valence-electron chi connectivity index (χ4n) is 0.719. The second-order valence-electron chi connectivity index (χ2n) is 3.07. The van der Waals surface area contributed by atoms with E-state index in [4.69, 9.17) is 11.5 Å². The number of nitrogens with two attached hydrogens (primary N) is 2. The van der Waals surface area contributed by atoms with E-state index in [1.807, 2.05) is 0 Å². The van der Waals surface area contributed by atoms with Gasteiger partial charge in [0.05, 0.1) is 0 Å². The molecule has 0 atom stereocenters. The van der Waals surface area contributed by atoms with Gasteiger partial charge >= 0.3 is 0 Å². The third-order valence-corrected chi connectivity index (χ3v) is 1.86. The summed E-state index contributed by atoms with van der Waals surface area (Å²) in [6, 6.07) is 0. The molecule has 4 heteroatoms. The number of amides is 2. The fraction of sp³-hybridized carbons (Fsp3) is 0. The molecule has 0 rings (SSSR count). The Morgan fingerprint density at radius 1 is 0.750 bits per heavy atom. The predicted molar refractivity (Wildman–Crippen MR) is 64.1 cm³/mol. The second-order valence-corrected chi connectivity index (χ2v) is 3.07. The zero-order chi connectivity index (χ0) is 12.9. The average molecular weight is 218 g/mol. The lowest BCUT2D eigenvalue weighted by atomic mass is 10.0. The molecule has 4 nitrogen and oxygen atoms in total. The molecule has 4 N–H and O–H groups in total. The monoisotopic (exact) mass is 218 g/mol. The van der Waals surface area contributed by atoms with Crippen LogP contribution in [-0.4, -0.2) is 11.8 Å². The zero-order valence-electron chi connectivity index (χ0n) is 8.95. The third kappa shape index (κ3) is 3.79. The standard InChI is InChI=1S/C12H14N2O2/c1-7(9(3)11(13)15)5-6-8(2)10(4)12(14)16/h5-6H,1-4H2,(H2,13,15)(H2,14,16)/b6-5+. The highest BCUT2D eigenvalue weighted by atomic mass is 16.1. The van der Waals surface area contributed by atoms with E-state index < -0.39 is 11.8 Å². The van der Waals surface area contributed by atoms with Crippen LogP contribution in [-0.2, 0) is 9.59 Å². The van der Waals surface area contributed by atoms with Crippen LogP contribution in [0.25, 0.3) is 0 Å². The summed E-state index contributed by atoms with van der Waals surface area (Å²) >= 11 is 0. The first-order valence-electron chi connectivity index (χ1n) is 4.31. The van der Waals surface area contributed by atoms with Crippen molar-refractivity contribution in [2.45, 2.75) is 0 Å². The Balaban J connectivity index is 4.64. The Labute approximate surface area is 94.3 Å². The number of primary amides is 2. The van der Waals surface area contributed by atoms with Crippen molar-refractivity contribution in [3.63, 3.8) is 0 Å². The number of rotatable bonds is 6.